The average molecular weight is 425 g/mol. The van der Waals surface area contributed by atoms with Gasteiger partial charge >= 0.3 is 17.9 Å². The summed E-state index contributed by atoms with van der Waals surface area (Å²) in [4.78, 5) is 54.2. The molecule has 156 valence electrons. The predicted octanol–water partition coefficient (Wildman–Crippen LogP) is -1.04. The fraction of sp³-hybridized carbons (Fsp3) is 0.438. The van der Waals surface area contributed by atoms with Crippen LogP contribution >= 0.6 is 11.8 Å². The van der Waals surface area contributed by atoms with E-state index in [-0.39, 0.29) is 24.7 Å². The molecule has 6 N–H and O–H groups in total. The lowest BCUT2D eigenvalue weighted by Crippen LogP contribution is -2.67. The second kappa shape index (κ2) is 8.13. The molecular weight excluding hydrogens is 406 g/mol. The van der Waals surface area contributed by atoms with Crippen LogP contribution in [-0.4, -0.2) is 78.7 Å². The lowest BCUT2D eigenvalue weighted by Gasteiger charge is -2.49. The number of carbonyl (C=O) groups excluding carboxylic acids is 2. The minimum absolute atomic E-state index is 0.0157. The molecule has 2 aliphatic rings. The number of thioether (sulfide) groups is 1. The molecule has 0 radical (unpaired) electrons. The molecule has 29 heavy (non-hydrogen) atoms. The number of amides is 1. The van der Waals surface area contributed by atoms with Crippen LogP contribution in [0.15, 0.2) is 17.5 Å². The molecule has 0 aromatic carbocycles. The first-order valence-electron chi connectivity index (χ1n) is 8.51. The molecule has 12 nitrogen and oxygen atoms in total. The van der Waals surface area contributed by atoms with E-state index in [9.17, 15) is 24.3 Å². The highest BCUT2D eigenvalue weighted by Gasteiger charge is 2.54. The van der Waals surface area contributed by atoms with Gasteiger partial charge in [-0.15, -0.1) is 11.8 Å². The molecular formula is C16H19N5O7S. The Morgan fingerprint density at radius 1 is 1.48 bits per heavy atom. The topological polar surface area (TPSA) is 188 Å². The van der Waals surface area contributed by atoms with E-state index in [4.69, 9.17) is 15.6 Å². The summed E-state index contributed by atoms with van der Waals surface area (Å²) >= 11 is 1.34. The largest absolute Gasteiger partial charge is 0.480 e. The van der Waals surface area contributed by atoms with Crippen LogP contribution in [0.5, 0.6) is 0 Å². The number of hydrogen-bond donors (Lipinski definition) is 5. The molecule has 1 amide bonds. The number of H-pyrrole nitrogens is 1. The van der Waals surface area contributed by atoms with Crippen LogP contribution in [-0.2, 0) is 30.3 Å². The summed E-state index contributed by atoms with van der Waals surface area (Å²) in [5, 5.41) is 20.8. The summed E-state index contributed by atoms with van der Waals surface area (Å²) in [5.41, 5.74) is 6.07. The number of β-lactam (4-membered cyclic amide) rings is 1. The summed E-state index contributed by atoms with van der Waals surface area (Å²) in [6.45, 7) is 1.03. The lowest BCUT2D eigenvalue weighted by atomic mass is 10.0. The Kier molecular flexibility index (Phi) is 5.79. The van der Waals surface area contributed by atoms with Gasteiger partial charge in [-0.2, -0.15) is 0 Å². The Hall–Kier alpha value is -3.06. The monoisotopic (exact) mass is 425 g/mol. The van der Waals surface area contributed by atoms with Crippen molar-refractivity contribution in [1.82, 2.24) is 14.9 Å². The van der Waals surface area contributed by atoms with Crippen molar-refractivity contribution in [3.63, 3.8) is 0 Å². The van der Waals surface area contributed by atoms with Gasteiger partial charge in [0.25, 0.3) is 5.91 Å². The molecule has 3 atom stereocenters. The van der Waals surface area contributed by atoms with Crippen molar-refractivity contribution in [3.05, 3.63) is 23.2 Å². The number of ether oxygens (including phenoxy) is 1. The number of rotatable bonds is 8. The molecule has 1 aromatic heterocycles. The van der Waals surface area contributed by atoms with E-state index in [2.05, 4.69) is 15.3 Å². The molecule has 2 aliphatic heterocycles. The number of esters is 1. The van der Waals surface area contributed by atoms with Gasteiger partial charge in [-0.05, 0) is 0 Å². The lowest BCUT2D eigenvalue weighted by molar-refractivity contribution is -0.147. The standard InChI is InChI=1S/C16H19N5O7S/c1-6(22)28-4-7-5-29-13-10(12(23)21(13)11(7)15(26)27)20-16-18-3-8(19-16)2-9(17)14(24)25/h3,9-10,13H,2,4-5,17H2,1H3,(H,24,25)(H,26,27)(H2,18,19,20)/t9?,10-,13+/m1/s1. The summed E-state index contributed by atoms with van der Waals surface area (Å²) in [7, 11) is 0. The first-order valence-corrected chi connectivity index (χ1v) is 9.56. The van der Waals surface area contributed by atoms with E-state index in [0.29, 0.717) is 17.0 Å². The smallest absolute Gasteiger partial charge is 0.352 e. The van der Waals surface area contributed by atoms with Crippen molar-refractivity contribution in [2.75, 3.05) is 17.7 Å². The third-order valence-corrected chi connectivity index (χ3v) is 5.71. The van der Waals surface area contributed by atoms with Gasteiger partial charge in [-0.3, -0.25) is 19.3 Å². The van der Waals surface area contributed by atoms with Crippen LogP contribution in [0.25, 0.3) is 0 Å². The number of carboxylic acids is 2. The Bertz CT molecular complexity index is 898. The third-order valence-electron chi connectivity index (χ3n) is 4.37. The number of carboxylic acid groups (broad SMARTS) is 2. The van der Waals surface area contributed by atoms with Gasteiger partial charge in [0.15, 0.2) is 0 Å². The molecule has 0 spiro atoms. The number of fused-ring (bicyclic) bond motifs is 1. The number of nitrogens with two attached hydrogens (primary N) is 1. The van der Waals surface area contributed by atoms with Crippen LogP contribution in [0.3, 0.4) is 0 Å². The normalized spacial score (nSPS) is 21.9. The van der Waals surface area contributed by atoms with E-state index in [1.54, 1.807) is 0 Å². The molecule has 1 fully saturated rings. The van der Waals surface area contributed by atoms with Gasteiger partial charge < -0.3 is 31.0 Å². The number of aliphatic carboxylic acids is 2. The summed E-state index contributed by atoms with van der Waals surface area (Å²) in [5.74, 6) is -2.88. The van der Waals surface area contributed by atoms with Crippen molar-refractivity contribution in [2.24, 2.45) is 5.73 Å². The van der Waals surface area contributed by atoms with E-state index in [1.165, 1.54) is 24.9 Å². The Morgan fingerprint density at radius 3 is 2.83 bits per heavy atom. The predicted molar refractivity (Wildman–Crippen MR) is 99.7 cm³/mol. The Morgan fingerprint density at radius 2 is 2.21 bits per heavy atom. The fourth-order valence-corrected chi connectivity index (χ4v) is 4.31. The van der Waals surface area contributed by atoms with Gasteiger partial charge in [0, 0.05) is 30.9 Å². The van der Waals surface area contributed by atoms with E-state index >= 15 is 0 Å². The Labute approximate surface area is 168 Å². The molecule has 1 unspecified atom stereocenters. The van der Waals surface area contributed by atoms with Crippen molar-refractivity contribution in [1.29, 1.82) is 0 Å². The SMILES string of the molecule is CC(=O)OCC1=C(C(=O)O)N2C(=O)[C@@H](Nc3nc(CC(N)C(=O)O)c[nH]3)[C@@H]2SC1. The molecule has 0 aliphatic carbocycles. The van der Waals surface area contributed by atoms with Crippen molar-refractivity contribution in [3.8, 4) is 0 Å². The third kappa shape index (κ3) is 4.19. The molecule has 3 rings (SSSR count). The van der Waals surface area contributed by atoms with Crippen LogP contribution in [0.4, 0.5) is 5.95 Å². The second-order valence-electron chi connectivity index (χ2n) is 6.46. The van der Waals surface area contributed by atoms with E-state index in [1.807, 2.05) is 0 Å². The number of aromatic nitrogens is 2. The highest BCUT2D eigenvalue weighted by Crippen LogP contribution is 2.41. The summed E-state index contributed by atoms with van der Waals surface area (Å²) < 4.78 is 4.88. The van der Waals surface area contributed by atoms with Gasteiger partial charge in [0.2, 0.25) is 5.95 Å². The van der Waals surface area contributed by atoms with Crippen LogP contribution in [0.1, 0.15) is 12.6 Å². The molecule has 13 heteroatoms. The van der Waals surface area contributed by atoms with Gasteiger partial charge in [0.05, 0.1) is 5.69 Å². The van der Waals surface area contributed by atoms with Gasteiger partial charge in [-0.25, -0.2) is 9.78 Å². The zero-order valence-electron chi connectivity index (χ0n) is 15.2. The van der Waals surface area contributed by atoms with Crippen LogP contribution in [0, 0.1) is 0 Å². The number of imidazole rings is 1. The molecule has 0 saturated carbocycles. The fourth-order valence-electron chi connectivity index (χ4n) is 2.98. The Balaban J connectivity index is 1.69. The number of carbonyl (C=O) groups is 4. The maximum absolute atomic E-state index is 12.6. The number of aromatic amines is 1. The average Bonchev–Trinajstić information content (AvgIpc) is 3.10. The highest BCUT2D eigenvalue weighted by molar-refractivity contribution is 8.00. The molecule has 1 saturated heterocycles. The quantitative estimate of drug-likeness (QED) is 0.253. The molecule has 1 aromatic rings. The zero-order valence-corrected chi connectivity index (χ0v) is 16.1. The van der Waals surface area contributed by atoms with E-state index in [0.717, 1.165) is 4.90 Å². The van der Waals surface area contributed by atoms with Crippen LogP contribution < -0.4 is 11.1 Å². The van der Waals surface area contributed by atoms with E-state index < -0.39 is 41.3 Å². The maximum Gasteiger partial charge on any atom is 0.352 e. The van der Waals surface area contributed by atoms with Crippen molar-refractivity contribution >= 4 is 41.5 Å². The first-order chi connectivity index (χ1) is 13.7. The zero-order chi connectivity index (χ0) is 21.3. The number of nitrogens with one attached hydrogen (secondary N) is 2. The number of hydrogen-bond acceptors (Lipinski definition) is 9. The number of anilines is 1. The van der Waals surface area contributed by atoms with Crippen molar-refractivity contribution < 1.29 is 34.1 Å². The minimum atomic E-state index is -1.27. The summed E-state index contributed by atoms with van der Waals surface area (Å²) in [6.07, 6.45) is 1.50. The second-order valence-corrected chi connectivity index (χ2v) is 7.56. The minimum Gasteiger partial charge on any atom is -0.480 e. The highest BCUT2D eigenvalue weighted by atomic mass is 32.2. The molecule has 3 heterocycles. The first kappa shape index (κ1) is 20.7. The van der Waals surface area contributed by atoms with Crippen LogP contribution in [0.2, 0.25) is 0 Å². The summed E-state index contributed by atoms with van der Waals surface area (Å²) in [6, 6.07) is -1.81. The van der Waals surface area contributed by atoms with Gasteiger partial charge in [0.1, 0.15) is 29.8 Å². The molecule has 0 bridgehead atoms. The van der Waals surface area contributed by atoms with Crippen molar-refractivity contribution in [2.45, 2.75) is 30.8 Å². The number of nitrogens with zero attached hydrogens (tertiary/aromatic N) is 2. The van der Waals surface area contributed by atoms with Gasteiger partial charge in [-0.1, -0.05) is 0 Å². The maximum atomic E-state index is 12.6.